The van der Waals surface area contributed by atoms with E-state index in [4.69, 9.17) is 14.2 Å². The summed E-state index contributed by atoms with van der Waals surface area (Å²) in [6.45, 7) is 3.83. The molecule has 2 atom stereocenters. The molecule has 1 aliphatic heterocycles. The van der Waals surface area contributed by atoms with Gasteiger partial charge in [0, 0.05) is 4.47 Å². The van der Waals surface area contributed by atoms with E-state index in [0.29, 0.717) is 19.8 Å². The highest BCUT2D eigenvalue weighted by atomic mass is 79.9. The Balaban J connectivity index is 1.80. The van der Waals surface area contributed by atoms with Gasteiger partial charge in [-0.1, -0.05) is 15.9 Å². The standard InChI is InChI=1S/C12H15BrO3/c1-9-6-14-7-12(16-9)8-15-11-4-2-10(13)3-5-11/h2-5,9,12H,6-8H2,1H3/t9-,12-/m0/s1. The molecule has 0 radical (unpaired) electrons. The van der Waals surface area contributed by atoms with Crippen LogP contribution in [0.3, 0.4) is 0 Å². The third-order valence-electron chi connectivity index (χ3n) is 2.33. The van der Waals surface area contributed by atoms with Crippen LogP contribution in [0.2, 0.25) is 0 Å². The highest BCUT2D eigenvalue weighted by Crippen LogP contribution is 2.17. The van der Waals surface area contributed by atoms with Crippen LogP contribution >= 0.6 is 15.9 Å². The van der Waals surface area contributed by atoms with E-state index in [0.717, 1.165) is 10.2 Å². The number of benzene rings is 1. The van der Waals surface area contributed by atoms with Crippen LogP contribution in [-0.2, 0) is 9.47 Å². The molecular formula is C12H15BrO3. The molecule has 0 aromatic heterocycles. The van der Waals surface area contributed by atoms with Gasteiger partial charge >= 0.3 is 0 Å². The van der Waals surface area contributed by atoms with Crippen LogP contribution in [0.25, 0.3) is 0 Å². The third-order valence-corrected chi connectivity index (χ3v) is 2.86. The molecule has 0 bridgehead atoms. The van der Waals surface area contributed by atoms with Crippen LogP contribution in [0.4, 0.5) is 0 Å². The fraction of sp³-hybridized carbons (Fsp3) is 0.500. The average molecular weight is 287 g/mol. The van der Waals surface area contributed by atoms with Gasteiger partial charge in [0.15, 0.2) is 0 Å². The van der Waals surface area contributed by atoms with Crippen LogP contribution in [-0.4, -0.2) is 32.0 Å². The summed E-state index contributed by atoms with van der Waals surface area (Å²) >= 11 is 3.38. The van der Waals surface area contributed by atoms with E-state index in [1.165, 1.54) is 0 Å². The van der Waals surface area contributed by atoms with E-state index in [9.17, 15) is 0 Å². The van der Waals surface area contributed by atoms with Crippen molar-refractivity contribution in [1.82, 2.24) is 0 Å². The Morgan fingerprint density at radius 3 is 2.75 bits per heavy atom. The molecule has 1 aromatic carbocycles. The Kier molecular flexibility index (Phi) is 4.21. The Morgan fingerprint density at radius 2 is 2.06 bits per heavy atom. The quantitative estimate of drug-likeness (QED) is 0.855. The highest BCUT2D eigenvalue weighted by Gasteiger charge is 2.20. The summed E-state index contributed by atoms with van der Waals surface area (Å²) in [5.41, 5.74) is 0. The number of hydrogen-bond donors (Lipinski definition) is 0. The topological polar surface area (TPSA) is 27.7 Å². The first-order valence-electron chi connectivity index (χ1n) is 5.35. The van der Waals surface area contributed by atoms with Gasteiger partial charge in [0.2, 0.25) is 0 Å². The molecule has 3 nitrogen and oxygen atoms in total. The molecule has 1 aromatic rings. The summed E-state index contributed by atoms with van der Waals surface area (Å²) in [6, 6.07) is 7.76. The number of hydrogen-bond acceptors (Lipinski definition) is 3. The first-order chi connectivity index (χ1) is 7.74. The maximum Gasteiger partial charge on any atom is 0.119 e. The van der Waals surface area contributed by atoms with Gasteiger partial charge in [-0.3, -0.25) is 0 Å². The van der Waals surface area contributed by atoms with Crippen molar-refractivity contribution in [2.24, 2.45) is 0 Å². The van der Waals surface area contributed by atoms with Gasteiger partial charge in [0.1, 0.15) is 18.5 Å². The van der Waals surface area contributed by atoms with Crippen LogP contribution in [0.5, 0.6) is 5.75 Å². The van der Waals surface area contributed by atoms with Crippen LogP contribution in [0.1, 0.15) is 6.92 Å². The molecule has 0 saturated carbocycles. The predicted molar refractivity (Wildman–Crippen MR) is 64.8 cm³/mol. The first-order valence-corrected chi connectivity index (χ1v) is 6.15. The summed E-state index contributed by atoms with van der Waals surface area (Å²) in [7, 11) is 0. The Morgan fingerprint density at radius 1 is 1.31 bits per heavy atom. The largest absolute Gasteiger partial charge is 0.491 e. The Labute approximate surface area is 104 Å². The molecule has 2 rings (SSSR count). The van der Waals surface area contributed by atoms with E-state index in [-0.39, 0.29) is 12.2 Å². The molecule has 1 heterocycles. The van der Waals surface area contributed by atoms with E-state index in [1.54, 1.807) is 0 Å². The average Bonchev–Trinajstić information content (AvgIpc) is 2.28. The molecule has 1 aliphatic rings. The summed E-state index contributed by atoms with van der Waals surface area (Å²) in [6.07, 6.45) is 0.194. The number of ether oxygens (including phenoxy) is 3. The summed E-state index contributed by atoms with van der Waals surface area (Å²) in [4.78, 5) is 0. The minimum atomic E-state index is 0.0346. The number of rotatable bonds is 3. The lowest BCUT2D eigenvalue weighted by Crippen LogP contribution is -2.38. The molecular weight excluding hydrogens is 272 g/mol. The smallest absolute Gasteiger partial charge is 0.119 e. The van der Waals surface area contributed by atoms with Crippen LogP contribution in [0.15, 0.2) is 28.7 Å². The maximum absolute atomic E-state index is 5.67. The molecule has 1 fully saturated rings. The van der Waals surface area contributed by atoms with Crippen molar-refractivity contribution in [1.29, 1.82) is 0 Å². The lowest BCUT2D eigenvalue weighted by molar-refractivity contribution is -0.140. The lowest BCUT2D eigenvalue weighted by Gasteiger charge is -2.27. The molecule has 0 aliphatic carbocycles. The van der Waals surface area contributed by atoms with Gasteiger partial charge in [-0.15, -0.1) is 0 Å². The highest BCUT2D eigenvalue weighted by molar-refractivity contribution is 9.10. The normalized spacial score (nSPS) is 25.4. The van der Waals surface area contributed by atoms with Crippen molar-refractivity contribution < 1.29 is 14.2 Å². The third kappa shape index (κ3) is 3.47. The maximum atomic E-state index is 5.67. The van der Waals surface area contributed by atoms with Crippen molar-refractivity contribution in [3.8, 4) is 5.75 Å². The molecule has 0 unspecified atom stereocenters. The van der Waals surface area contributed by atoms with E-state index in [1.807, 2.05) is 31.2 Å². The van der Waals surface area contributed by atoms with Gasteiger partial charge in [0.05, 0.1) is 19.3 Å². The minimum Gasteiger partial charge on any atom is -0.491 e. The molecule has 0 N–H and O–H groups in total. The zero-order valence-corrected chi connectivity index (χ0v) is 10.8. The summed E-state index contributed by atoms with van der Waals surface area (Å²) < 4.78 is 17.7. The predicted octanol–water partition coefficient (Wildman–Crippen LogP) is 2.63. The van der Waals surface area contributed by atoms with Gasteiger partial charge in [-0.05, 0) is 31.2 Å². The fourth-order valence-corrected chi connectivity index (χ4v) is 1.84. The lowest BCUT2D eigenvalue weighted by atomic mass is 10.3. The van der Waals surface area contributed by atoms with Gasteiger partial charge in [-0.2, -0.15) is 0 Å². The second kappa shape index (κ2) is 5.66. The van der Waals surface area contributed by atoms with Crippen LogP contribution in [0, 0.1) is 0 Å². The fourth-order valence-electron chi connectivity index (χ4n) is 1.58. The molecule has 0 spiro atoms. The van der Waals surface area contributed by atoms with Crippen molar-refractivity contribution in [3.05, 3.63) is 28.7 Å². The summed E-state index contributed by atoms with van der Waals surface area (Å²) in [5, 5.41) is 0. The Hall–Kier alpha value is -0.580. The van der Waals surface area contributed by atoms with Crippen molar-refractivity contribution in [3.63, 3.8) is 0 Å². The molecule has 0 amide bonds. The Bertz CT molecular complexity index is 326. The minimum absolute atomic E-state index is 0.0346. The van der Waals surface area contributed by atoms with Crippen molar-refractivity contribution >= 4 is 15.9 Å². The monoisotopic (exact) mass is 286 g/mol. The van der Waals surface area contributed by atoms with Crippen molar-refractivity contribution in [2.75, 3.05) is 19.8 Å². The zero-order valence-electron chi connectivity index (χ0n) is 9.19. The second-order valence-electron chi connectivity index (χ2n) is 3.87. The van der Waals surface area contributed by atoms with Gasteiger partial charge < -0.3 is 14.2 Å². The van der Waals surface area contributed by atoms with E-state index < -0.39 is 0 Å². The number of halogens is 1. The molecule has 88 valence electrons. The van der Waals surface area contributed by atoms with Crippen LogP contribution < -0.4 is 4.74 Å². The second-order valence-corrected chi connectivity index (χ2v) is 4.79. The first kappa shape index (κ1) is 11.9. The molecule has 16 heavy (non-hydrogen) atoms. The van der Waals surface area contributed by atoms with Gasteiger partial charge in [0.25, 0.3) is 0 Å². The molecule has 4 heteroatoms. The SMILES string of the molecule is C[C@H]1COC[C@@H](COc2ccc(Br)cc2)O1. The van der Waals surface area contributed by atoms with E-state index in [2.05, 4.69) is 15.9 Å². The summed E-state index contributed by atoms with van der Waals surface area (Å²) in [5.74, 6) is 0.852. The van der Waals surface area contributed by atoms with E-state index >= 15 is 0 Å². The zero-order chi connectivity index (χ0) is 11.4. The van der Waals surface area contributed by atoms with Crippen molar-refractivity contribution in [2.45, 2.75) is 19.1 Å². The molecule has 1 saturated heterocycles. The van der Waals surface area contributed by atoms with Gasteiger partial charge in [-0.25, -0.2) is 0 Å².